The molecule has 7 amide bonds. The van der Waals surface area contributed by atoms with Crippen LogP contribution in [0.1, 0.15) is 37.3 Å². The van der Waals surface area contributed by atoms with Gasteiger partial charge in [-0.05, 0) is 61.5 Å². The molecular weight excluding hydrogens is 821 g/mol. The number of aromatic hydroxyl groups is 1. The number of benzene rings is 2. The first-order chi connectivity index (χ1) is 28.6. The van der Waals surface area contributed by atoms with Crippen LogP contribution < -0.4 is 37.6 Å². The van der Waals surface area contributed by atoms with Crippen molar-refractivity contribution in [1.29, 1.82) is 0 Å². The maximum Gasteiger partial charge on any atom is 0.326 e. The van der Waals surface area contributed by atoms with Gasteiger partial charge in [-0.25, -0.2) is 4.79 Å². The molecule has 1 fully saturated rings. The van der Waals surface area contributed by atoms with Crippen molar-refractivity contribution < 1.29 is 53.7 Å². The van der Waals surface area contributed by atoms with Crippen molar-refractivity contribution in [2.75, 3.05) is 37.5 Å². The number of thioether (sulfide) groups is 1. The van der Waals surface area contributed by atoms with E-state index in [0.717, 1.165) is 0 Å². The van der Waals surface area contributed by atoms with Crippen molar-refractivity contribution in [1.82, 2.24) is 36.8 Å². The van der Waals surface area contributed by atoms with Crippen molar-refractivity contribution in [3.05, 3.63) is 65.7 Å². The van der Waals surface area contributed by atoms with E-state index in [1.165, 1.54) is 47.9 Å². The van der Waals surface area contributed by atoms with Crippen LogP contribution in [0.15, 0.2) is 54.6 Å². The minimum absolute atomic E-state index is 0.000242. The summed E-state index contributed by atoms with van der Waals surface area (Å²) in [4.78, 5) is 106. The Labute approximate surface area is 357 Å². The Balaban J connectivity index is 1.69. The number of carboxylic acids is 1. The minimum Gasteiger partial charge on any atom is -0.508 e. The molecule has 7 atom stereocenters. The summed E-state index contributed by atoms with van der Waals surface area (Å²) >= 11 is 5.34. The van der Waals surface area contributed by atoms with Crippen molar-refractivity contribution in [3.63, 3.8) is 0 Å². The molecule has 0 unspecified atom stereocenters. The fraction of sp³-hybridized carbons (Fsp3) is 0.487. The molecule has 0 bridgehead atoms. The Bertz CT molecular complexity index is 1810. The topological polar surface area (TPSA) is 299 Å². The highest BCUT2D eigenvalue weighted by atomic mass is 32.2. The van der Waals surface area contributed by atoms with E-state index in [1.54, 1.807) is 30.3 Å². The van der Waals surface area contributed by atoms with Crippen LogP contribution in [-0.4, -0.2) is 147 Å². The van der Waals surface area contributed by atoms with Crippen LogP contribution in [0.4, 0.5) is 0 Å². The molecule has 1 aliphatic heterocycles. The van der Waals surface area contributed by atoms with Gasteiger partial charge >= 0.3 is 5.97 Å². The summed E-state index contributed by atoms with van der Waals surface area (Å²) < 4.78 is 0. The molecule has 0 radical (unpaired) electrons. The number of aliphatic carboxylic acids is 1. The summed E-state index contributed by atoms with van der Waals surface area (Å²) in [6.07, 6.45) is 2.63. The average molecular weight is 875 g/mol. The summed E-state index contributed by atoms with van der Waals surface area (Å²) in [7, 11) is 0. The summed E-state index contributed by atoms with van der Waals surface area (Å²) in [6.45, 7) is 0.0973. The van der Waals surface area contributed by atoms with Crippen LogP contribution in [0.3, 0.4) is 0 Å². The number of carbonyl (C=O) groups excluding carboxylic acids is 7. The van der Waals surface area contributed by atoms with Gasteiger partial charge in [-0.1, -0.05) is 42.5 Å². The first-order valence-electron chi connectivity index (χ1n) is 19.2. The van der Waals surface area contributed by atoms with Gasteiger partial charge in [-0.15, -0.1) is 0 Å². The van der Waals surface area contributed by atoms with E-state index in [4.69, 9.17) is 5.73 Å². The lowest BCUT2D eigenvalue weighted by Crippen LogP contribution is -2.58. The quantitative estimate of drug-likeness (QED) is 0.0530. The lowest BCUT2D eigenvalue weighted by molar-refractivity contribution is -0.145. The Kier molecular flexibility index (Phi) is 20.1. The molecule has 2 aromatic carbocycles. The van der Waals surface area contributed by atoms with Gasteiger partial charge in [-0.2, -0.15) is 24.4 Å². The number of hydrogen-bond acceptors (Lipinski definition) is 13. The molecule has 19 nitrogen and oxygen atoms in total. The molecule has 3 rings (SSSR count). The van der Waals surface area contributed by atoms with Gasteiger partial charge in [0.05, 0.1) is 19.2 Å². The number of phenolic OH excluding ortho intramolecular Hbond substituents is 1. The van der Waals surface area contributed by atoms with Crippen LogP contribution in [0.5, 0.6) is 5.75 Å². The largest absolute Gasteiger partial charge is 0.508 e. The molecule has 11 N–H and O–H groups in total. The fourth-order valence-electron chi connectivity index (χ4n) is 6.16. The molecule has 1 heterocycles. The first kappa shape index (κ1) is 49.0. The van der Waals surface area contributed by atoms with Crippen molar-refractivity contribution in [2.45, 2.75) is 81.3 Å². The molecule has 0 aromatic heterocycles. The lowest BCUT2D eigenvalue weighted by atomic mass is 10.0. The lowest BCUT2D eigenvalue weighted by Gasteiger charge is -2.30. The van der Waals surface area contributed by atoms with E-state index in [1.807, 2.05) is 6.26 Å². The molecule has 1 saturated heterocycles. The number of hydrogen-bond donors (Lipinski definition) is 11. The minimum atomic E-state index is -1.41. The molecule has 0 aliphatic carbocycles. The standard InChI is InChI=1S/C39H54N8O11S2/c1-22(42-36(54)30(20-48)46-34(52)26(40)21-59)33(51)41-19-32(50)43-28(17-23-7-4-3-5-8-23)35(53)44-27(14-16-60-2)38(56)47-15-6-9-31(47)37(55)45-29(39(57)58)18-24-10-12-25(49)13-11-24/h3-5,7-8,10-13,22,26-31,48-49,59H,6,9,14-21,40H2,1-2H3,(H,41,51)(H,42,54)(H,43,50)(H,44,53)(H,45,55)(H,46,52)(H,57,58)/t22-,26-,27-,28-,29-,30-,31-/m0/s1. The first-order valence-corrected chi connectivity index (χ1v) is 21.2. The second-order valence-corrected chi connectivity index (χ2v) is 15.4. The third-order valence-corrected chi connectivity index (χ3v) is 10.6. The smallest absolute Gasteiger partial charge is 0.326 e. The predicted octanol–water partition coefficient (Wildman–Crippen LogP) is -2.18. The molecule has 1 aliphatic rings. The second kappa shape index (κ2) is 24.6. The van der Waals surface area contributed by atoms with Crippen molar-refractivity contribution in [3.8, 4) is 5.75 Å². The summed E-state index contributed by atoms with van der Waals surface area (Å²) in [5.41, 5.74) is 6.82. The zero-order valence-electron chi connectivity index (χ0n) is 33.3. The predicted molar refractivity (Wildman–Crippen MR) is 225 cm³/mol. The average Bonchev–Trinajstić information content (AvgIpc) is 3.73. The van der Waals surface area contributed by atoms with Crippen LogP contribution in [0, 0.1) is 0 Å². The number of aliphatic hydroxyl groups is 1. The summed E-state index contributed by atoms with van der Waals surface area (Å²) in [6, 6.07) is 6.28. The SMILES string of the molecule is CSCC[C@H](NC(=O)[C@H](Cc1ccccc1)NC(=O)CNC(=O)[C@H](C)NC(=O)[C@H](CO)NC(=O)[C@@H](N)CS)C(=O)N1CCC[C@H]1C(=O)N[C@@H](Cc1ccc(O)cc1)C(=O)O. The molecule has 21 heteroatoms. The Morgan fingerprint density at radius 3 is 2.05 bits per heavy atom. The number of phenols is 1. The molecule has 0 saturated carbocycles. The number of carboxylic acid groups (broad SMARTS) is 1. The van der Waals surface area contributed by atoms with E-state index >= 15 is 0 Å². The van der Waals surface area contributed by atoms with Gasteiger partial charge in [0.25, 0.3) is 0 Å². The van der Waals surface area contributed by atoms with Gasteiger partial charge in [-0.3, -0.25) is 33.6 Å². The Hall–Kier alpha value is -5.38. The van der Waals surface area contributed by atoms with Gasteiger partial charge in [0.15, 0.2) is 0 Å². The zero-order chi connectivity index (χ0) is 44.4. The second-order valence-electron chi connectivity index (χ2n) is 14.1. The number of likely N-dealkylation sites (tertiary alicyclic amines) is 1. The number of rotatable bonds is 23. The highest BCUT2D eigenvalue weighted by molar-refractivity contribution is 7.98. The third kappa shape index (κ3) is 15.3. The monoisotopic (exact) mass is 874 g/mol. The third-order valence-electron chi connectivity index (χ3n) is 9.51. The van der Waals surface area contributed by atoms with Crippen LogP contribution >= 0.6 is 24.4 Å². The Morgan fingerprint density at radius 2 is 1.43 bits per heavy atom. The highest BCUT2D eigenvalue weighted by Gasteiger charge is 2.39. The Morgan fingerprint density at radius 1 is 0.817 bits per heavy atom. The van der Waals surface area contributed by atoms with Gasteiger partial charge in [0.2, 0.25) is 41.4 Å². The van der Waals surface area contributed by atoms with E-state index in [9.17, 15) is 53.7 Å². The van der Waals surface area contributed by atoms with E-state index in [0.29, 0.717) is 23.3 Å². The van der Waals surface area contributed by atoms with Gasteiger partial charge in [0, 0.05) is 25.1 Å². The van der Waals surface area contributed by atoms with E-state index in [-0.39, 0.29) is 43.7 Å². The number of nitrogens with one attached hydrogen (secondary N) is 6. The summed E-state index contributed by atoms with van der Waals surface area (Å²) in [5.74, 6) is -5.97. The number of nitrogens with zero attached hydrogens (tertiary/aromatic N) is 1. The van der Waals surface area contributed by atoms with Crippen LogP contribution in [-0.2, 0) is 51.2 Å². The maximum absolute atomic E-state index is 14.1. The number of amides is 7. The molecule has 328 valence electrons. The van der Waals surface area contributed by atoms with Crippen molar-refractivity contribution in [2.24, 2.45) is 5.73 Å². The maximum atomic E-state index is 14.1. The van der Waals surface area contributed by atoms with Gasteiger partial charge in [0.1, 0.15) is 42.0 Å². The molecule has 60 heavy (non-hydrogen) atoms. The molecule has 0 spiro atoms. The van der Waals surface area contributed by atoms with Crippen LogP contribution in [0.25, 0.3) is 0 Å². The van der Waals surface area contributed by atoms with E-state index < -0.39 is 103 Å². The van der Waals surface area contributed by atoms with Gasteiger partial charge < -0.3 is 57.9 Å². The zero-order valence-corrected chi connectivity index (χ0v) is 35.0. The highest BCUT2D eigenvalue weighted by Crippen LogP contribution is 2.21. The molecular formula is C39H54N8O11S2. The van der Waals surface area contributed by atoms with Crippen molar-refractivity contribution >= 4 is 71.7 Å². The van der Waals surface area contributed by atoms with E-state index in [2.05, 4.69) is 44.5 Å². The fourth-order valence-corrected chi connectivity index (χ4v) is 6.80. The number of carbonyl (C=O) groups is 8. The van der Waals surface area contributed by atoms with Crippen LogP contribution in [0.2, 0.25) is 0 Å². The summed E-state index contributed by atoms with van der Waals surface area (Å²) in [5, 5.41) is 43.9. The molecule has 2 aromatic rings. The number of thiol groups is 1. The number of aliphatic hydroxyl groups excluding tert-OH is 1. The number of nitrogens with two attached hydrogens (primary N) is 1. The normalized spacial score (nSPS) is 16.5.